The summed E-state index contributed by atoms with van der Waals surface area (Å²) in [5.74, 6) is -0.422. The van der Waals surface area contributed by atoms with Gasteiger partial charge in [-0.1, -0.05) is 74.0 Å². The van der Waals surface area contributed by atoms with Gasteiger partial charge in [0.15, 0.2) is 0 Å². The fourth-order valence-corrected chi connectivity index (χ4v) is 12.9. The molecule has 0 spiro atoms. The molecule has 1 fully saturated rings. The third-order valence-electron chi connectivity index (χ3n) is 9.05. The Balaban J connectivity index is 0.000000403. The average Bonchev–Trinajstić information content (AvgIpc) is 3.22. The first-order valence-electron chi connectivity index (χ1n) is 17.4. The molecular weight excluding hydrogens is 719 g/mol. The number of nitrogens with one attached hydrogen (secondary N) is 1. The van der Waals surface area contributed by atoms with Crippen LogP contribution in [0.1, 0.15) is 44.1 Å². The first-order valence-corrected chi connectivity index (χ1v) is 23.2. The van der Waals surface area contributed by atoms with Gasteiger partial charge in [0.05, 0.1) is 6.61 Å². The molecule has 2 aromatic rings. The summed E-state index contributed by atoms with van der Waals surface area (Å²) in [5, 5.41) is 3.25. The fraction of sp³-hybridized carbons (Fsp3) is 0.541. The summed E-state index contributed by atoms with van der Waals surface area (Å²) < 4.78 is 54.1. The Labute approximate surface area is 315 Å². The van der Waals surface area contributed by atoms with Gasteiger partial charge in [0.2, 0.25) is 0 Å². The molecule has 12 nitrogen and oxygen atoms in total. The number of esters is 1. The van der Waals surface area contributed by atoms with E-state index in [0.29, 0.717) is 19.1 Å². The molecular formula is C37H63NO11Si3. The maximum atomic E-state index is 10.7. The lowest BCUT2D eigenvalue weighted by atomic mass is 10.1. The predicted octanol–water partition coefficient (Wildman–Crippen LogP) is 6.82. The van der Waals surface area contributed by atoms with E-state index < -0.39 is 32.1 Å². The van der Waals surface area contributed by atoms with Gasteiger partial charge in [-0.3, -0.25) is 0 Å². The summed E-state index contributed by atoms with van der Waals surface area (Å²) in [5.41, 5.74) is 4.13. The average molecular weight is 782 g/mol. The van der Waals surface area contributed by atoms with Gasteiger partial charge in [0.1, 0.15) is 5.22 Å². The molecule has 0 bridgehead atoms. The molecule has 1 atom stereocenters. The van der Waals surface area contributed by atoms with E-state index in [-0.39, 0.29) is 5.22 Å². The van der Waals surface area contributed by atoms with Gasteiger partial charge < -0.3 is 50.2 Å². The highest BCUT2D eigenvalue weighted by atomic mass is 28.4. The van der Waals surface area contributed by atoms with E-state index in [4.69, 9.17) is 44.9 Å². The molecule has 1 N–H and O–H groups in total. The predicted molar refractivity (Wildman–Crippen MR) is 212 cm³/mol. The smallest absolute Gasteiger partial charge is 0.463 e. The van der Waals surface area contributed by atoms with Crippen LogP contribution in [0.15, 0.2) is 79.0 Å². The number of ether oxygens (including phenoxy) is 2. The Morgan fingerprint density at radius 3 is 1.88 bits per heavy atom. The summed E-state index contributed by atoms with van der Waals surface area (Å²) in [6, 6.07) is 21.9. The molecule has 0 saturated carbocycles. The van der Waals surface area contributed by atoms with E-state index in [0.717, 1.165) is 43.5 Å². The van der Waals surface area contributed by atoms with Crippen molar-refractivity contribution >= 4 is 43.9 Å². The van der Waals surface area contributed by atoms with E-state index in [1.165, 1.54) is 18.5 Å². The third-order valence-corrected chi connectivity index (χ3v) is 18.6. The summed E-state index contributed by atoms with van der Waals surface area (Å²) in [4.78, 5) is 10.7. The van der Waals surface area contributed by atoms with E-state index in [1.807, 2.05) is 67.4 Å². The highest BCUT2D eigenvalue weighted by Crippen LogP contribution is 2.42. The molecule has 294 valence electrons. The monoisotopic (exact) mass is 781 g/mol. The Hall–Kier alpha value is -2.52. The molecule has 1 aliphatic rings. The molecule has 1 unspecified atom stereocenters. The number of methoxy groups -OCH3 is 1. The number of anilines is 1. The molecule has 1 heterocycles. The van der Waals surface area contributed by atoms with Crippen LogP contribution in [0.3, 0.4) is 0 Å². The van der Waals surface area contributed by atoms with Gasteiger partial charge in [-0.15, -0.1) is 0 Å². The zero-order chi connectivity index (χ0) is 38.8. The quantitative estimate of drug-likeness (QED) is 0.0619. The zero-order valence-electron chi connectivity index (χ0n) is 32.8. The topological polar surface area (TPSA) is 121 Å². The highest BCUT2D eigenvalue weighted by Gasteiger charge is 2.58. The molecule has 52 heavy (non-hydrogen) atoms. The second-order valence-electron chi connectivity index (χ2n) is 11.7. The lowest BCUT2D eigenvalue weighted by Gasteiger charge is -2.48. The van der Waals surface area contributed by atoms with Gasteiger partial charge in [-0.2, -0.15) is 0 Å². The Morgan fingerprint density at radius 1 is 0.808 bits per heavy atom. The van der Waals surface area contributed by atoms with E-state index >= 15 is 0 Å². The van der Waals surface area contributed by atoms with E-state index in [2.05, 4.69) is 24.0 Å². The van der Waals surface area contributed by atoms with Crippen LogP contribution in [0.25, 0.3) is 6.08 Å². The molecule has 3 rings (SSSR count). The first-order chi connectivity index (χ1) is 25.1. The third kappa shape index (κ3) is 15.1. The van der Waals surface area contributed by atoms with Crippen LogP contribution in [-0.4, -0.2) is 115 Å². The van der Waals surface area contributed by atoms with Crippen molar-refractivity contribution in [3.8, 4) is 0 Å². The van der Waals surface area contributed by atoms with Crippen LogP contribution in [-0.2, 0) is 49.7 Å². The fourth-order valence-electron chi connectivity index (χ4n) is 5.98. The number of rotatable bonds is 21. The summed E-state index contributed by atoms with van der Waals surface area (Å²) in [7, 11) is 7.43. The van der Waals surface area contributed by atoms with Crippen LogP contribution < -0.4 is 5.32 Å². The normalized spacial score (nSPS) is 16.9. The maximum Gasteiger partial charge on any atom is 0.528 e. The van der Waals surface area contributed by atoms with Crippen molar-refractivity contribution < 1.29 is 49.7 Å². The van der Waals surface area contributed by atoms with Crippen molar-refractivity contribution in [3.63, 3.8) is 0 Å². The van der Waals surface area contributed by atoms with Crippen molar-refractivity contribution in [1.29, 1.82) is 0 Å². The van der Waals surface area contributed by atoms with Crippen molar-refractivity contribution in [2.45, 2.75) is 55.8 Å². The van der Waals surface area contributed by atoms with Crippen LogP contribution in [0, 0.1) is 0 Å². The molecule has 0 amide bonds. The molecule has 0 radical (unpaired) electrons. The summed E-state index contributed by atoms with van der Waals surface area (Å²) in [6.45, 7) is 4.55. The van der Waals surface area contributed by atoms with Crippen LogP contribution in [0.4, 0.5) is 5.69 Å². The Bertz CT molecular complexity index is 1230. The first kappa shape index (κ1) is 47.5. The van der Waals surface area contributed by atoms with Crippen molar-refractivity contribution in [1.82, 2.24) is 0 Å². The molecule has 15 heteroatoms. The number of hydrogen-bond acceptors (Lipinski definition) is 12. The van der Waals surface area contributed by atoms with Crippen LogP contribution >= 0.6 is 0 Å². The number of para-hydroxylation sites is 1. The number of benzene rings is 2. The minimum absolute atomic E-state index is 0.215. The zero-order valence-corrected chi connectivity index (χ0v) is 35.8. The van der Waals surface area contributed by atoms with Crippen molar-refractivity contribution in [2.24, 2.45) is 0 Å². The minimum Gasteiger partial charge on any atom is -0.463 e. The van der Waals surface area contributed by atoms with Crippen LogP contribution in [0.2, 0.25) is 12.1 Å². The number of carbonyl (C=O) groups is 1. The SMILES string of the molecule is C=CC(=O)OCCC[Si](OC)(OC)OC.COC1(CCCNc2ccccc2)CCCC[Si]1(OC)OC.CO[Si](C=Cc1ccccc1)(OC)OC. The largest absolute Gasteiger partial charge is 0.528 e. The lowest BCUT2D eigenvalue weighted by Crippen LogP contribution is -2.64. The van der Waals surface area contributed by atoms with E-state index in [9.17, 15) is 4.79 Å². The Morgan fingerprint density at radius 2 is 1.38 bits per heavy atom. The molecule has 2 aromatic carbocycles. The Kier molecular flexibility index (Phi) is 24.0. The van der Waals surface area contributed by atoms with Gasteiger partial charge in [0.25, 0.3) is 0 Å². The van der Waals surface area contributed by atoms with Gasteiger partial charge >= 0.3 is 32.1 Å². The minimum atomic E-state index is -2.58. The van der Waals surface area contributed by atoms with E-state index in [1.54, 1.807) is 56.9 Å². The van der Waals surface area contributed by atoms with Crippen LogP contribution in [0.5, 0.6) is 0 Å². The number of carbonyl (C=O) groups excluding carboxylic acids is 1. The standard InChI is InChI=1S/C17H29NO3Si.C11H16O3Si.C9H18O5Si/c1-19-17(12-7-8-15-22(17,20-2)21-3)13-9-14-18-16-10-5-4-6-11-16;1-12-15(13-2,14-3)10-9-11-7-5-4-6-8-11;1-5-9(10)14-7-6-8-15(11-2,12-3)13-4/h4-6,10-11,18H,7-9,12-15H2,1-3H3;4-10H,1-3H3;5H,1,6-8H2,2-4H3. The van der Waals surface area contributed by atoms with Crippen molar-refractivity contribution in [3.05, 3.63) is 84.6 Å². The molecule has 0 aromatic heterocycles. The molecule has 0 aliphatic carbocycles. The molecule has 1 aliphatic heterocycles. The number of hydrogen-bond donors (Lipinski definition) is 1. The lowest BCUT2D eigenvalue weighted by molar-refractivity contribution is -0.137. The second-order valence-corrected chi connectivity index (χ2v) is 21.3. The highest BCUT2D eigenvalue weighted by molar-refractivity contribution is 6.70. The maximum absolute atomic E-state index is 10.7. The van der Waals surface area contributed by atoms with Crippen molar-refractivity contribution in [2.75, 3.05) is 82.5 Å². The summed E-state index contributed by atoms with van der Waals surface area (Å²) >= 11 is 0. The van der Waals surface area contributed by atoms with Gasteiger partial charge in [0, 0.05) is 88.3 Å². The van der Waals surface area contributed by atoms with Gasteiger partial charge in [-0.25, -0.2) is 4.79 Å². The molecule has 1 saturated heterocycles. The van der Waals surface area contributed by atoms with Gasteiger partial charge in [-0.05, 0) is 55.1 Å². The summed E-state index contributed by atoms with van der Waals surface area (Å²) in [6.07, 6.45) is 9.17. The second kappa shape index (κ2) is 26.3.